The van der Waals surface area contributed by atoms with Crippen LogP contribution in [0.2, 0.25) is 5.02 Å². The van der Waals surface area contributed by atoms with Gasteiger partial charge in [0.25, 0.3) is 0 Å². The Kier molecular flexibility index (Phi) is 4.52. The van der Waals surface area contributed by atoms with Gasteiger partial charge in [-0.3, -0.25) is 9.59 Å². The van der Waals surface area contributed by atoms with E-state index in [1.807, 2.05) is 4.90 Å². The van der Waals surface area contributed by atoms with Gasteiger partial charge in [0.15, 0.2) is 0 Å². The SMILES string of the molecule is O=C(CCC(=O)N1CCOc2ccc(Cl)cc21)N1CCCC1. The third-order valence-corrected chi connectivity index (χ3v) is 4.33. The molecule has 2 amide bonds. The van der Waals surface area contributed by atoms with Crippen LogP contribution in [-0.2, 0) is 9.59 Å². The van der Waals surface area contributed by atoms with Gasteiger partial charge in [-0.05, 0) is 31.0 Å². The number of likely N-dealkylation sites (tertiary alicyclic amines) is 1. The monoisotopic (exact) mass is 322 g/mol. The van der Waals surface area contributed by atoms with E-state index < -0.39 is 0 Å². The number of benzene rings is 1. The predicted molar refractivity (Wildman–Crippen MR) is 84.3 cm³/mol. The summed E-state index contributed by atoms with van der Waals surface area (Å²) < 4.78 is 5.54. The molecule has 0 unspecified atom stereocenters. The molecule has 118 valence electrons. The van der Waals surface area contributed by atoms with E-state index in [4.69, 9.17) is 16.3 Å². The number of anilines is 1. The highest BCUT2D eigenvalue weighted by Crippen LogP contribution is 2.34. The average molecular weight is 323 g/mol. The standard InChI is InChI=1S/C16H19ClN2O3/c17-12-3-4-14-13(11-12)19(9-10-22-14)16(21)6-5-15(20)18-7-1-2-8-18/h3-4,11H,1-2,5-10H2. The van der Waals surface area contributed by atoms with Crippen molar-refractivity contribution in [3.05, 3.63) is 23.2 Å². The summed E-state index contributed by atoms with van der Waals surface area (Å²) in [6.45, 7) is 2.59. The Bertz CT molecular complexity index is 585. The van der Waals surface area contributed by atoms with Gasteiger partial charge in [0, 0.05) is 31.0 Å². The van der Waals surface area contributed by atoms with Crippen molar-refractivity contribution >= 4 is 29.1 Å². The number of halogens is 1. The summed E-state index contributed by atoms with van der Waals surface area (Å²) in [6, 6.07) is 5.24. The molecule has 6 heteroatoms. The van der Waals surface area contributed by atoms with E-state index in [1.165, 1.54) is 0 Å². The Morgan fingerprint density at radius 1 is 1.09 bits per heavy atom. The second-order valence-electron chi connectivity index (χ2n) is 5.59. The summed E-state index contributed by atoms with van der Waals surface area (Å²) in [5.74, 6) is 0.680. The van der Waals surface area contributed by atoms with E-state index in [9.17, 15) is 9.59 Å². The van der Waals surface area contributed by atoms with Gasteiger partial charge < -0.3 is 14.5 Å². The van der Waals surface area contributed by atoms with Gasteiger partial charge in [-0.2, -0.15) is 0 Å². The molecular formula is C16H19ClN2O3. The topological polar surface area (TPSA) is 49.9 Å². The van der Waals surface area contributed by atoms with Crippen LogP contribution in [0.5, 0.6) is 5.75 Å². The van der Waals surface area contributed by atoms with Crippen molar-refractivity contribution in [1.82, 2.24) is 4.90 Å². The van der Waals surface area contributed by atoms with Gasteiger partial charge >= 0.3 is 0 Å². The summed E-state index contributed by atoms with van der Waals surface area (Å²) in [5, 5.41) is 0.565. The van der Waals surface area contributed by atoms with Crippen molar-refractivity contribution in [3.8, 4) is 5.75 Å². The molecular weight excluding hydrogens is 304 g/mol. The second-order valence-corrected chi connectivity index (χ2v) is 6.03. The molecule has 0 radical (unpaired) electrons. The molecule has 0 N–H and O–H groups in total. The maximum atomic E-state index is 12.4. The fourth-order valence-electron chi connectivity index (χ4n) is 2.92. The number of ether oxygens (including phenoxy) is 1. The first kappa shape index (κ1) is 15.2. The van der Waals surface area contributed by atoms with Gasteiger partial charge in [-0.15, -0.1) is 0 Å². The number of amides is 2. The molecule has 0 aliphatic carbocycles. The Labute approximate surface area is 134 Å². The van der Waals surface area contributed by atoms with Crippen LogP contribution in [0.4, 0.5) is 5.69 Å². The van der Waals surface area contributed by atoms with Gasteiger partial charge in [0.2, 0.25) is 11.8 Å². The van der Waals surface area contributed by atoms with Crippen LogP contribution in [0, 0.1) is 0 Å². The first-order valence-corrected chi connectivity index (χ1v) is 8.03. The van der Waals surface area contributed by atoms with E-state index in [0.29, 0.717) is 29.6 Å². The molecule has 1 aromatic carbocycles. The quantitative estimate of drug-likeness (QED) is 0.859. The highest BCUT2D eigenvalue weighted by molar-refractivity contribution is 6.31. The number of carbonyl (C=O) groups excluding carboxylic acids is 2. The smallest absolute Gasteiger partial charge is 0.227 e. The molecule has 0 spiro atoms. The minimum Gasteiger partial charge on any atom is -0.490 e. The minimum atomic E-state index is -0.0561. The molecule has 1 aromatic rings. The number of hydrogen-bond donors (Lipinski definition) is 0. The van der Waals surface area contributed by atoms with Crippen LogP contribution >= 0.6 is 11.6 Å². The van der Waals surface area contributed by atoms with Crippen molar-refractivity contribution in [2.24, 2.45) is 0 Å². The molecule has 2 aliphatic rings. The zero-order valence-electron chi connectivity index (χ0n) is 12.4. The predicted octanol–water partition coefficient (Wildman–Crippen LogP) is 2.47. The Morgan fingerprint density at radius 3 is 2.59 bits per heavy atom. The molecule has 2 aliphatic heterocycles. The van der Waals surface area contributed by atoms with E-state index in [-0.39, 0.29) is 24.7 Å². The van der Waals surface area contributed by atoms with E-state index >= 15 is 0 Å². The summed E-state index contributed by atoms with van der Waals surface area (Å²) in [5.41, 5.74) is 0.692. The molecule has 22 heavy (non-hydrogen) atoms. The summed E-state index contributed by atoms with van der Waals surface area (Å²) in [7, 11) is 0. The molecule has 0 aromatic heterocycles. The molecule has 1 fully saturated rings. The lowest BCUT2D eigenvalue weighted by molar-refractivity contribution is -0.132. The Balaban J connectivity index is 1.63. The highest BCUT2D eigenvalue weighted by atomic mass is 35.5. The lowest BCUT2D eigenvalue weighted by Gasteiger charge is -2.29. The van der Waals surface area contributed by atoms with Gasteiger partial charge in [-0.25, -0.2) is 0 Å². The Hall–Kier alpha value is -1.75. The van der Waals surface area contributed by atoms with Crippen LogP contribution in [0.15, 0.2) is 18.2 Å². The largest absolute Gasteiger partial charge is 0.490 e. The van der Waals surface area contributed by atoms with Crippen molar-refractivity contribution in [1.29, 1.82) is 0 Å². The van der Waals surface area contributed by atoms with Gasteiger partial charge in [0.1, 0.15) is 12.4 Å². The van der Waals surface area contributed by atoms with Gasteiger partial charge in [-0.1, -0.05) is 11.6 Å². The molecule has 3 rings (SSSR count). The third kappa shape index (κ3) is 3.19. The van der Waals surface area contributed by atoms with E-state index in [0.717, 1.165) is 25.9 Å². The number of hydrogen-bond acceptors (Lipinski definition) is 3. The number of fused-ring (bicyclic) bond motifs is 1. The summed E-state index contributed by atoms with van der Waals surface area (Å²) >= 11 is 6.01. The summed E-state index contributed by atoms with van der Waals surface area (Å²) in [4.78, 5) is 28.0. The first-order chi connectivity index (χ1) is 10.6. The lowest BCUT2D eigenvalue weighted by Crippen LogP contribution is -2.38. The van der Waals surface area contributed by atoms with Crippen molar-refractivity contribution in [2.45, 2.75) is 25.7 Å². The molecule has 1 saturated heterocycles. The molecule has 0 atom stereocenters. The van der Waals surface area contributed by atoms with Crippen molar-refractivity contribution in [3.63, 3.8) is 0 Å². The van der Waals surface area contributed by atoms with Crippen LogP contribution in [-0.4, -0.2) is 43.0 Å². The van der Waals surface area contributed by atoms with Crippen molar-refractivity contribution in [2.75, 3.05) is 31.1 Å². The molecule has 2 heterocycles. The van der Waals surface area contributed by atoms with Crippen LogP contribution in [0.25, 0.3) is 0 Å². The first-order valence-electron chi connectivity index (χ1n) is 7.65. The second kappa shape index (κ2) is 6.57. The third-order valence-electron chi connectivity index (χ3n) is 4.10. The fourth-order valence-corrected chi connectivity index (χ4v) is 3.09. The van der Waals surface area contributed by atoms with E-state index in [1.54, 1.807) is 23.1 Å². The maximum Gasteiger partial charge on any atom is 0.227 e. The zero-order chi connectivity index (χ0) is 15.5. The van der Waals surface area contributed by atoms with Crippen LogP contribution in [0.3, 0.4) is 0 Å². The average Bonchev–Trinajstić information content (AvgIpc) is 3.06. The van der Waals surface area contributed by atoms with Crippen LogP contribution in [0.1, 0.15) is 25.7 Å². The molecule has 0 bridgehead atoms. The van der Waals surface area contributed by atoms with Crippen molar-refractivity contribution < 1.29 is 14.3 Å². The number of nitrogens with zero attached hydrogens (tertiary/aromatic N) is 2. The minimum absolute atomic E-state index is 0.0561. The van der Waals surface area contributed by atoms with E-state index in [2.05, 4.69) is 0 Å². The Morgan fingerprint density at radius 2 is 1.82 bits per heavy atom. The summed E-state index contributed by atoms with van der Waals surface area (Å²) in [6.07, 6.45) is 2.62. The highest BCUT2D eigenvalue weighted by Gasteiger charge is 2.25. The normalized spacial score (nSPS) is 17.1. The van der Waals surface area contributed by atoms with Gasteiger partial charge in [0.05, 0.1) is 12.2 Å². The van der Waals surface area contributed by atoms with Crippen LogP contribution < -0.4 is 9.64 Å². The maximum absolute atomic E-state index is 12.4. The zero-order valence-corrected chi connectivity index (χ0v) is 13.1. The number of rotatable bonds is 3. The molecule has 5 nitrogen and oxygen atoms in total. The lowest BCUT2D eigenvalue weighted by atomic mass is 10.2. The molecule has 0 saturated carbocycles. The fraction of sp³-hybridized carbons (Fsp3) is 0.500. The number of carbonyl (C=O) groups is 2.